The van der Waals surface area contributed by atoms with Gasteiger partial charge >= 0.3 is 0 Å². The molecule has 0 saturated heterocycles. The quantitative estimate of drug-likeness (QED) is 0.340. The van der Waals surface area contributed by atoms with Gasteiger partial charge in [0.1, 0.15) is 23.0 Å². The number of nitro benzene ring substituents is 1. The van der Waals surface area contributed by atoms with E-state index in [2.05, 4.69) is 10.5 Å². The first-order chi connectivity index (χ1) is 14.4. The molecule has 3 rings (SSSR count). The molecule has 1 heterocycles. The Kier molecular flexibility index (Phi) is 6.33. The van der Waals surface area contributed by atoms with E-state index in [0.29, 0.717) is 28.6 Å². The number of non-ortho nitro benzene ring substituents is 1. The normalized spacial score (nSPS) is 10.8. The molecule has 10 heteroatoms. The van der Waals surface area contributed by atoms with Gasteiger partial charge in [-0.25, -0.2) is 5.43 Å². The molecule has 0 aliphatic heterocycles. The fraction of sp³-hybridized carbons (Fsp3) is 0.100. The summed E-state index contributed by atoms with van der Waals surface area (Å²) in [6.07, 6.45) is 1.32. The zero-order chi connectivity index (χ0) is 21.7. The molecular formula is C20H16ClN3O6. The molecule has 3 aromatic rings. The molecule has 2 aromatic carbocycles. The largest absolute Gasteiger partial charge is 0.497 e. The molecule has 0 bridgehead atoms. The topological polar surface area (TPSA) is 116 Å². The summed E-state index contributed by atoms with van der Waals surface area (Å²) in [6, 6.07) is 12.1. The monoisotopic (exact) mass is 429 g/mol. The number of furan rings is 1. The van der Waals surface area contributed by atoms with E-state index in [9.17, 15) is 14.9 Å². The van der Waals surface area contributed by atoms with Gasteiger partial charge in [0.2, 0.25) is 0 Å². The van der Waals surface area contributed by atoms with Gasteiger partial charge in [0.05, 0.1) is 35.9 Å². The Bertz CT molecular complexity index is 1130. The van der Waals surface area contributed by atoms with Crippen molar-refractivity contribution in [2.75, 3.05) is 14.2 Å². The van der Waals surface area contributed by atoms with E-state index in [1.807, 2.05) is 0 Å². The minimum absolute atomic E-state index is 0.117. The number of nitrogens with one attached hydrogen (secondary N) is 1. The Balaban J connectivity index is 1.71. The van der Waals surface area contributed by atoms with Crippen LogP contribution in [0.1, 0.15) is 16.1 Å². The van der Waals surface area contributed by atoms with Crippen LogP contribution in [-0.2, 0) is 0 Å². The van der Waals surface area contributed by atoms with Crippen LogP contribution < -0.4 is 14.9 Å². The van der Waals surface area contributed by atoms with Crippen molar-refractivity contribution >= 4 is 29.4 Å². The van der Waals surface area contributed by atoms with E-state index in [1.165, 1.54) is 38.6 Å². The number of nitrogens with zero attached hydrogens (tertiary/aromatic N) is 2. The number of halogens is 1. The molecule has 9 nitrogen and oxygen atoms in total. The summed E-state index contributed by atoms with van der Waals surface area (Å²) in [4.78, 5) is 22.6. The number of methoxy groups -OCH3 is 2. The lowest BCUT2D eigenvalue weighted by Crippen LogP contribution is -2.18. The first-order valence-electron chi connectivity index (χ1n) is 8.52. The number of rotatable bonds is 7. The van der Waals surface area contributed by atoms with Crippen LogP contribution in [0.4, 0.5) is 5.69 Å². The van der Waals surface area contributed by atoms with Crippen LogP contribution >= 0.6 is 11.6 Å². The van der Waals surface area contributed by atoms with Crippen molar-refractivity contribution in [1.29, 1.82) is 0 Å². The van der Waals surface area contributed by atoms with Crippen molar-refractivity contribution in [3.63, 3.8) is 0 Å². The molecule has 0 atom stereocenters. The van der Waals surface area contributed by atoms with E-state index >= 15 is 0 Å². The summed E-state index contributed by atoms with van der Waals surface area (Å²) in [6.45, 7) is 0. The van der Waals surface area contributed by atoms with E-state index in [4.69, 9.17) is 25.5 Å². The van der Waals surface area contributed by atoms with Crippen molar-refractivity contribution in [2.45, 2.75) is 0 Å². The Morgan fingerprint density at radius 2 is 1.97 bits per heavy atom. The Morgan fingerprint density at radius 1 is 1.17 bits per heavy atom. The molecule has 0 aliphatic rings. The van der Waals surface area contributed by atoms with Crippen molar-refractivity contribution in [3.8, 4) is 22.8 Å². The summed E-state index contributed by atoms with van der Waals surface area (Å²) < 4.78 is 15.9. The van der Waals surface area contributed by atoms with Crippen LogP contribution in [0.2, 0.25) is 5.02 Å². The zero-order valence-corrected chi connectivity index (χ0v) is 16.7. The van der Waals surface area contributed by atoms with Gasteiger partial charge in [0.25, 0.3) is 11.6 Å². The molecule has 1 aromatic heterocycles. The minimum atomic E-state index is -0.531. The van der Waals surface area contributed by atoms with E-state index in [-0.39, 0.29) is 16.3 Å². The van der Waals surface area contributed by atoms with Crippen molar-refractivity contribution < 1.29 is 23.6 Å². The lowest BCUT2D eigenvalue weighted by Gasteiger charge is -2.08. The third kappa shape index (κ3) is 4.58. The predicted octanol–water partition coefficient (Wildman–Crippen LogP) is 4.29. The fourth-order valence-electron chi connectivity index (χ4n) is 2.59. The standard InChI is InChI=1S/C20H16ClN3O6/c1-28-13-4-7-16(19(10-13)29-2)20(25)23-22-11-14-5-8-18(30-14)15-6-3-12(24(26)27)9-17(15)21/h3-11H,1-2H3,(H,23,25)/b22-11-. The van der Waals surface area contributed by atoms with Gasteiger partial charge in [-0.15, -0.1) is 0 Å². The van der Waals surface area contributed by atoms with Gasteiger partial charge in [-0.05, 0) is 30.3 Å². The second-order valence-corrected chi connectivity index (χ2v) is 6.30. The first kappa shape index (κ1) is 20.9. The van der Waals surface area contributed by atoms with Crippen LogP contribution in [0.5, 0.6) is 11.5 Å². The number of hydrogen-bond acceptors (Lipinski definition) is 7. The number of nitro groups is 1. The van der Waals surface area contributed by atoms with Gasteiger partial charge in [-0.2, -0.15) is 5.10 Å². The minimum Gasteiger partial charge on any atom is -0.497 e. The molecule has 154 valence electrons. The lowest BCUT2D eigenvalue weighted by molar-refractivity contribution is -0.384. The summed E-state index contributed by atoms with van der Waals surface area (Å²) in [7, 11) is 2.96. The van der Waals surface area contributed by atoms with Gasteiger partial charge < -0.3 is 13.9 Å². The van der Waals surface area contributed by atoms with Gasteiger partial charge in [0.15, 0.2) is 0 Å². The predicted molar refractivity (Wildman–Crippen MR) is 110 cm³/mol. The van der Waals surface area contributed by atoms with Gasteiger partial charge in [-0.3, -0.25) is 14.9 Å². The molecule has 0 saturated carbocycles. The Labute approximate surface area is 176 Å². The molecule has 1 amide bonds. The Hall–Kier alpha value is -3.85. The van der Waals surface area contributed by atoms with Crippen LogP contribution in [0, 0.1) is 10.1 Å². The van der Waals surface area contributed by atoms with Crippen LogP contribution in [0.25, 0.3) is 11.3 Å². The average molecular weight is 430 g/mol. The number of ether oxygens (including phenoxy) is 2. The molecule has 0 spiro atoms. The van der Waals surface area contributed by atoms with E-state index in [1.54, 1.807) is 30.3 Å². The molecule has 1 N–H and O–H groups in total. The highest BCUT2D eigenvalue weighted by atomic mass is 35.5. The maximum Gasteiger partial charge on any atom is 0.275 e. The van der Waals surface area contributed by atoms with Crippen molar-refractivity contribution in [1.82, 2.24) is 5.43 Å². The zero-order valence-electron chi connectivity index (χ0n) is 15.9. The maximum absolute atomic E-state index is 12.3. The SMILES string of the molecule is COc1ccc(C(=O)N/N=C\c2ccc(-c3ccc([N+](=O)[O-])cc3Cl)o2)c(OC)c1. The highest BCUT2D eigenvalue weighted by molar-refractivity contribution is 6.33. The second-order valence-electron chi connectivity index (χ2n) is 5.89. The van der Waals surface area contributed by atoms with Crippen LogP contribution in [0.3, 0.4) is 0 Å². The average Bonchev–Trinajstić information content (AvgIpc) is 3.21. The number of carbonyl (C=O) groups is 1. The molecule has 0 fully saturated rings. The third-order valence-electron chi connectivity index (χ3n) is 4.07. The molecule has 0 radical (unpaired) electrons. The second kappa shape index (κ2) is 9.10. The smallest absolute Gasteiger partial charge is 0.275 e. The summed E-state index contributed by atoms with van der Waals surface area (Å²) in [5.41, 5.74) is 3.05. The van der Waals surface area contributed by atoms with Gasteiger partial charge in [-0.1, -0.05) is 11.6 Å². The molecular weight excluding hydrogens is 414 g/mol. The highest BCUT2D eigenvalue weighted by Crippen LogP contribution is 2.32. The summed E-state index contributed by atoms with van der Waals surface area (Å²) >= 11 is 6.11. The number of amides is 1. The molecule has 0 aliphatic carbocycles. The Morgan fingerprint density at radius 3 is 2.63 bits per heavy atom. The number of benzene rings is 2. The number of hydrazone groups is 1. The highest BCUT2D eigenvalue weighted by Gasteiger charge is 2.14. The maximum atomic E-state index is 12.3. The third-order valence-corrected chi connectivity index (χ3v) is 4.38. The fourth-order valence-corrected chi connectivity index (χ4v) is 2.85. The van der Waals surface area contributed by atoms with Crippen molar-refractivity contribution in [2.24, 2.45) is 5.10 Å². The number of carbonyl (C=O) groups excluding carboxylic acids is 1. The summed E-state index contributed by atoms with van der Waals surface area (Å²) in [5.74, 6) is 1.17. The number of hydrogen-bond donors (Lipinski definition) is 1. The summed E-state index contributed by atoms with van der Waals surface area (Å²) in [5, 5.41) is 14.9. The molecule has 0 unspecified atom stereocenters. The van der Waals surface area contributed by atoms with Crippen molar-refractivity contribution in [3.05, 3.63) is 75.0 Å². The van der Waals surface area contributed by atoms with E-state index < -0.39 is 10.8 Å². The van der Waals surface area contributed by atoms with Crippen LogP contribution in [-0.4, -0.2) is 31.3 Å². The van der Waals surface area contributed by atoms with Crippen LogP contribution in [0.15, 0.2) is 58.0 Å². The molecule has 30 heavy (non-hydrogen) atoms. The van der Waals surface area contributed by atoms with E-state index in [0.717, 1.165) is 0 Å². The van der Waals surface area contributed by atoms with Gasteiger partial charge in [0, 0.05) is 23.8 Å². The lowest BCUT2D eigenvalue weighted by atomic mass is 10.1. The first-order valence-corrected chi connectivity index (χ1v) is 8.90.